The maximum Gasteiger partial charge on any atom is 0.416 e. The van der Waals surface area contributed by atoms with Crippen LogP contribution in [0.3, 0.4) is 0 Å². The molecule has 1 N–H and O–H groups in total. The van der Waals surface area contributed by atoms with Crippen LogP contribution in [0.5, 0.6) is 11.5 Å². The van der Waals surface area contributed by atoms with Crippen LogP contribution in [0, 0.1) is 0 Å². The molecule has 0 bridgehead atoms. The van der Waals surface area contributed by atoms with Crippen molar-refractivity contribution in [2.75, 3.05) is 6.79 Å². The van der Waals surface area contributed by atoms with Gasteiger partial charge in [0, 0.05) is 12.0 Å². The Labute approximate surface area is 101 Å². The quantitative estimate of drug-likeness (QED) is 0.888. The second kappa shape index (κ2) is 3.54. The Morgan fingerprint density at radius 3 is 2.56 bits per heavy atom. The summed E-state index contributed by atoms with van der Waals surface area (Å²) in [4.78, 5) is 0. The van der Waals surface area contributed by atoms with Gasteiger partial charge in [-0.25, -0.2) is 0 Å². The summed E-state index contributed by atoms with van der Waals surface area (Å²) in [6.45, 7) is -0.0813. The van der Waals surface area contributed by atoms with E-state index in [2.05, 4.69) is 0 Å². The standard InChI is InChI=1S/C12H11F3O3/c13-12(14,15)8-1-2-9-10(18-6-17-9)7(8)5-11(16)3-4-11/h1-2,16H,3-6H2. The maximum atomic E-state index is 12.9. The molecule has 3 nitrogen and oxygen atoms in total. The fourth-order valence-corrected chi connectivity index (χ4v) is 2.12. The summed E-state index contributed by atoms with van der Waals surface area (Å²) in [5, 5.41) is 9.84. The molecule has 1 aliphatic heterocycles. The molecule has 3 rings (SSSR count). The molecule has 1 aliphatic carbocycles. The molecule has 0 aromatic heterocycles. The summed E-state index contributed by atoms with van der Waals surface area (Å²) in [5.74, 6) is 0.424. The van der Waals surface area contributed by atoms with E-state index in [1.54, 1.807) is 0 Å². The molecular formula is C12H11F3O3. The monoisotopic (exact) mass is 260 g/mol. The Hall–Kier alpha value is -1.43. The van der Waals surface area contributed by atoms with Crippen molar-refractivity contribution in [1.29, 1.82) is 0 Å². The molecule has 98 valence electrons. The van der Waals surface area contributed by atoms with Gasteiger partial charge in [0.1, 0.15) is 0 Å². The zero-order valence-corrected chi connectivity index (χ0v) is 9.38. The first-order chi connectivity index (χ1) is 8.39. The van der Waals surface area contributed by atoms with Crippen LogP contribution in [-0.2, 0) is 12.6 Å². The lowest BCUT2D eigenvalue weighted by Gasteiger charge is -2.17. The van der Waals surface area contributed by atoms with Gasteiger partial charge >= 0.3 is 6.18 Å². The van der Waals surface area contributed by atoms with Crippen LogP contribution in [0.2, 0.25) is 0 Å². The minimum atomic E-state index is -4.46. The first kappa shape index (κ1) is 11.6. The second-order valence-corrected chi connectivity index (χ2v) is 4.72. The van der Waals surface area contributed by atoms with Crippen LogP contribution < -0.4 is 9.47 Å². The van der Waals surface area contributed by atoms with E-state index in [1.807, 2.05) is 0 Å². The number of halogens is 3. The lowest BCUT2D eigenvalue weighted by molar-refractivity contribution is -0.138. The predicted molar refractivity (Wildman–Crippen MR) is 55.5 cm³/mol. The minimum absolute atomic E-state index is 0.00231. The van der Waals surface area contributed by atoms with E-state index in [0.29, 0.717) is 18.6 Å². The molecule has 1 fully saturated rings. The molecule has 0 amide bonds. The summed E-state index contributed by atoms with van der Waals surface area (Å²) < 4.78 is 49.0. The molecule has 0 radical (unpaired) electrons. The van der Waals surface area contributed by atoms with E-state index in [4.69, 9.17) is 9.47 Å². The molecule has 0 atom stereocenters. The van der Waals surface area contributed by atoms with E-state index < -0.39 is 17.3 Å². The van der Waals surface area contributed by atoms with E-state index >= 15 is 0 Å². The topological polar surface area (TPSA) is 38.7 Å². The molecule has 18 heavy (non-hydrogen) atoms. The summed E-state index contributed by atoms with van der Waals surface area (Å²) >= 11 is 0. The SMILES string of the molecule is OC1(Cc2c(C(F)(F)F)ccc3c2OCO3)CC1. The number of rotatable bonds is 2. The number of aliphatic hydroxyl groups is 1. The lowest BCUT2D eigenvalue weighted by Crippen LogP contribution is -2.17. The largest absolute Gasteiger partial charge is 0.454 e. The van der Waals surface area contributed by atoms with Crippen molar-refractivity contribution in [2.45, 2.75) is 31.0 Å². The molecule has 1 saturated carbocycles. The molecule has 1 aromatic rings. The molecule has 1 heterocycles. The van der Waals surface area contributed by atoms with Crippen LogP contribution in [-0.4, -0.2) is 17.5 Å². The third kappa shape index (κ3) is 1.90. The van der Waals surface area contributed by atoms with Gasteiger partial charge in [-0.3, -0.25) is 0 Å². The van der Waals surface area contributed by atoms with Crippen LogP contribution in [0.15, 0.2) is 12.1 Å². The van der Waals surface area contributed by atoms with Crippen molar-refractivity contribution < 1.29 is 27.8 Å². The van der Waals surface area contributed by atoms with Gasteiger partial charge in [0.2, 0.25) is 6.79 Å². The average molecular weight is 260 g/mol. The van der Waals surface area contributed by atoms with Crippen molar-refractivity contribution in [3.05, 3.63) is 23.3 Å². The molecular weight excluding hydrogens is 249 g/mol. The molecule has 6 heteroatoms. The van der Waals surface area contributed by atoms with E-state index in [0.717, 1.165) is 6.07 Å². The van der Waals surface area contributed by atoms with E-state index in [-0.39, 0.29) is 24.5 Å². The fraction of sp³-hybridized carbons (Fsp3) is 0.500. The van der Waals surface area contributed by atoms with Crippen LogP contribution in [0.25, 0.3) is 0 Å². The van der Waals surface area contributed by atoms with E-state index in [9.17, 15) is 18.3 Å². The van der Waals surface area contributed by atoms with Gasteiger partial charge < -0.3 is 14.6 Å². The van der Waals surface area contributed by atoms with Crippen molar-refractivity contribution >= 4 is 0 Å². The third-order valence-electron chi connectivity index (χ3n) is 3.28. The third-order valence-corrected chi connectivity index (χ3v) is 3.28. The molecule has 1 aromatic carbocycles. The molecule has 0 unspecified atom stereocenters. The van der Waals surface area contributed by atoms with Crippen molar-refractivity contribution in [3.63, 3.8) is 0 Å². The van der Waals surface area contributed by atoms with Crippen LogP contribution >= 0.6 is 0 Å². The number of benzene rings is 1. The lowest BCUT2D eigenvalue weighted by atomic mass is 9.98. The Balaban J connectivity index is 2.09. The Morgan fingerprint density at radius 1 is 1.22 bits per heavy atom. The van der Waals surface area contributed by atoms with Crippen LogP contribution in [0.4, 0.5) is 13.2 Å². The Bertz CT molecular complexity index is 492. The number of alkyl halides is 3. The van der Waals surface area contributed by atoms with Crippen molar-refractivity contribution in [3.8, 4) is 11.5 Å². The Kier molecular flexibility index (Phi) is 2.29. The number of fused-ring (bicyclic) bond motifs is 1. The molecule has 0 spiro atoms. The van der Waals surface area contributed by atoms with Gasteiger partial charge in [0.15, 0.2) is 11.5 Å². The van der Waals surface area contributed by atoms with Crippen molar-refractivity contribution in [2.24, 2.45) is 0 Å². The highest BCUT2D eigenvalue weighted by Gasteiger charge is 2.45. The maximum absolute atomic E-state index is 12.9. The van der Waals surface area contributed by atoms with Crippen molar-refractivity contribution in [1.82, 2.24) is 0 Å². The number of hydrogen-bond acceptors (Lipinski definition) is 3. The first-order valence-corrected chi connectivity index (χ1v) is 5.60. The normalized spacial score (nSPS) is 20.0. The zero-order valence-electron chi connectivity index (χ0n) is 9.38. The van der Waals surface area contributed by atoms with Gasteiger partial charge in [-0.2, -0.15) is 13.2 Å². The number of ether oxygens (including phenoxy) is 2. The minimum Gasteiger partial charge on any atom is -0.454 e. The molecule has 0 saturated heterocycles. The van der Waals surface area contributed by atoms with Gasteiger partial charge in [-0.15, -0.1) is 0 Å². The van der Waals surface area contributed by atoms with Gasteiger partial charge in [0.25, 0.3) is 0 Å². The van der Waals surface area contributed by atoms with Gasteiger partial charge in [-0.1, -0.05) is 0 Å². The summed E-state index contributed by atoms with van der Waals surface area (Å²) in [6.07, 6.45) is -3.46. The number of hydrogen-bond donors (Lipinski definition) is 1. The summed E-state index contributed by atoms with van der Waals surface area (Å²) in [5.41, 5.74) is -1.77. The highest BCUT2D eigenvalue weighted by molar-refractivity contribution is 5.53. The predicted octanol–water partition coefficient (Wildman–Crippen LogP) is 2.50. The highest BCUT2D eigenvalue weighted by atomic mass is 19.4. The van der Waals surface area contributed by atoms with Crippen LogP contribution in [0.1, 0.15) is 24.0 Å². The summed E-state index contributed by atoms with van der Waals surface area (Å²) in [6, 6.07) is 2.24. The Morgan fingerprint density at radius 2 is 1.94 bits per heavy atom. The first-order valence-electron chi connectivity index (χ1n) is 5.60. The smallest absolute Gasteiger partial charge is 0.416 e. The molecule has 2 aliphatic rings. The van der Waals surface area contributed by atoms with Gasteiger partial charge in [0.05, 0.1) is 11.2 Å². The highest BCUT2D eigenvalue weighted by Crippen LogP contribution is 2.48. The summed E-state index contributed by atoms with van der Waals surface area (Å²) in [7, 11) is 0. The average Bonchev–Trinajstić information content (AvgIpc) is 2.81. The fourth-order valence-electron chi connectivity index (χ4n) is 2.12. The second-order valence-electron chi connectivity index (χ2n) is 4.72. The van der Waals surface area contributed by atoms with E-state index in [1.165, 1.54) is 6.07 Å². The van der Waals surface area contributed by atoms with Gasteiger partial charge in [-0.05, 0) is 25.0 Å². The zero-order chi connectivity index (χ0) is 13.0.